The van der Waals surface area contributed by atoms with E-state index < -0.39 is 0 Å². The summed E-state index contributed by atoms with van der Waals surface area (Å²) in [5.41, 5.74) is 1.85. The van der Waals surface area contributed by atoms with Gasteiger partial charge in [-0.25, -0.2) is 0 Å². The molecule has 2 aromatic rings. The molecule has 0 atom stereocenters. The van der Waals surface area contributed by atoms with Crippen molar-refractivity contribution in [1.82, 2.24) is 4.90 Å². The molecule has 8 heteroatoms. The largest absolute Gasteiger partial charge is 0.493 e. The Balaban J connectivity index is 1.72. The molecule has 0 spiro atoms. The molecule has 1 aliphatic heterocycles. The lowest BCUT2D eigenvalue weighted by Crippen LogP contribution is -2.39. The molecule has 0 fully saturated rings. The zero-order valence-electron chi connectivity index (χ0n) is 21.6. The van der Waals surface area contributed by atoms with Gasteiger partial charge in [0.1, 0.15) is 19.0 Å². The minimum Gasteiger partial charge on any atom is -0.493 e. The van der Waals surface area contributed by atoms with Crippen molar-refractivity contribution in [3.05, 3.63) is 41.5 Å². The van der Waals surface area contributed by atoms with E-state index in [9.17, 15) is 4.79 Å². The zero-order chi connectivity index (χ0) is 25.5. The van der Waals surface area contributed by atoms with E-state index in [1.807, 2.05) is 0 Å². The average molecular weight is 485 g/mol. The first-order chi connectivity index (χ1) is 16.8. The Hall–Kier alpha value is -3.39. The summed E-state index contributed by atoms with van der Waals surface area (Å²) in [7, 11) is 4.73. The Morgan fingerprint density at radius 2 is 1.60 bits per heavy atom. The van der Waals surface area contributed by atoms with Gasteiger partial charge in [0.2, 0.25) is 0 Å². The van der Waals surface area contributed by atoms with Gasteiger partial charge in [0.15, 0.2) is 23.0 Å². The van der Waals surface area contributed by atoms with Gasteiger partial charge in [-0.15, -0.1) is 0 Å². The van der Waals surface area contributed by atoms with E-state index in [-0.39, 0.29) is 12.5 Å². The second kappa shape index (κ2) is 11.8. The Labute approximate surface area is 207 Å². The third kappa shape index (κ3) is 6.39. The fraction of sp³-hybridized carbons (Fsp3) is 0.444. The molecule has 1 aliphatic rings. The van der Waals surface area contributed by atoms with Gasteiger partial charge in [0.05, 0.1) is 26.9 Å². The van der Waals surface area contributed by atoms with E-state index in [0.717, 1.165) is 12.1 Å². The molecule has 0 aromatic heterocycles. The molecule has 0 aliphatic carbocycles. The average Bonchev–Trinajstić information content (AvgIpc) is 2.84. The lowest BCUT2D eigenvalue weighted by Gasteiger charge is -2.30. The van der Waals surface area contributed by atoms with Crippen molar-refractivity contribution in [3.8, 4) is 28.7 Å². The Bertz CT molecular complexity index is 1060. The number of hydrogen-bond acceptors (Lipinski definition) is 7. The molecule has 0 radical (unpaired) electrons. The molecule has 1 amide bonds. The number of fused-ring (bicyclic) bond motifs is 1. The number of benzene rings is 2. The third-order valence-corrected chi connectivity index (χ3v) is 5.88. The smallest absolute Gasteiger partial charge is 0.255 e. The topological polar surface area (TPSA) is 78.5 Å². The summed E-state index contributed by atoms with van der Waals surface area (Å²) in [5, 5.41) is 2.93. The van der Waals surface area contributed by atoms with Gasteiger partial charge in [-0.1, -0.05) is 0 Å². The monoisotopic (exact) mass is 484 g/mol. The molecular weight excluding hydrogens is 448 g/mol. The highest BCUT2D eigenvalue weighted by atomic mass is 16.5. The predicted octanol–water partition coefficient (Wildman–Crippen LogP) is 4.62. The van der Waals surface area contributed by atoms with Gasteiger partial charge in [0, 0.05) is 42.0 Å². The summed E-state index contributed by atoms with van der Waals surface area (Å²) in [4.78, 5) is 15.3. The van der Waals surface area contributed by atoms with E-state index in [1.165, 1.54) is 0 Å². The molecule has 1 heterocycles. The number of ether oxygens (including phenoxy) is 5. The molecule has 0 bridgehead atoms. The molecule has 0 unspecified atom stereocenters. The highest BCUT2D eigenvalue weighted by Gasteiger charge is 2.21. The number of nitrogens with one attached hydrogen (secondary N) is 1. The van der Waals surface area contributed by atoms with Gasteiger partial charge < -0.3 is 29.0 Å². The number of rotatable bonds is 11. The van der Waals surface area contributed by atoms with Crippen LogP contribution >= 0.6 is 0 Å². The minimum atomic E-state index is -0.257. The molecule has 190 valence electrons. The fourth-order valence-corrected chi connectivity index (χ4v) is 4.08. The minimum absolute atomic E-state index is 0.147. The van der Waals surface area contributed by atoms with Gasteiger partial charge in [-0.2, -0.15) is 0 Å². The van der Waals surface area contributed by atoms with E-state index >= 15 is 0 Å². The van der Waals surface area contributed by atoms with Crippen molar-refractivity contribution in [2.24, 2.45) is 0 Å². The van der Waals surface area contributed by atoms with Crippen LogP contribution in [0.25, 0.3) is 6.08 Å². The molecule has 2 aromatic carbocycles. The molecule has 8 nitrogen and oxygen atoms in total. The van der Waals surface area contributed by atoms with E-state index in [0.29, 0.717) is 58.7 Å². The molecule has 0 saturated carbocycles. The van der Waals surface area contributed by atoms with Crippen molar-refractivity contribution < 1.29 is 28.5 Å². The summed E-state index contributed by atoms with van der Waals surface area (Å²) in [5.74, 6) is 2.71. The van der Waals surface area contributed by atoms with Crippen LogP contribution in [0.2, 0.25) is 0 Å². The second-order valence-electron chi connectivity index (χ2n) is 8.80. The summed E-state index contributed by atoms with van der Waals surface area (Å²) in [6.07, 6.45) is 1.80. The molecule has 3 rings (SSSR count). The number of anilines is 1. The van der Waals surface area contributed by atoms with Gasteiger partial charge >= 0.3 is 0 Å². The summed E-state index contributed by atoms with van der Waals surface area (Å²) in [6, 6.07) is 9.73. The Morgan fingerprint density at radius 3 is 2.23 bits per heavy atom. The van der Waals surface area contributed by atoms with Crippen molar-refractivity contribution in [1.29, 1.82) is 0 Å². The second-order valence-corrected chi connectivity index (χ2v) is 8.80. The van der Waals surface area contributed by atoms with Crippen LogP contribution in [0.4, 0.5) is 5.69 Å². The van der Waals surface area contributed by atoms with Crippen LogP contribution in [-0.4, -0.2) is 64.0 Å². The number of carbonyl (C=O) groups excluding carboxylic acids is 1. The van der Waals surface area contributed by atoms with Crippen molar-refractivity contribution in [2.45, 2.75) is 39.8 Å². The number of nitrogens with zero attached hydrogens (tertiary/aromatic N) is 1. The standard InChI is InChI=1S/C27H36N2O6/c1-17(2)29(18(3)4)10-11-34-26-14-21(8-9-22(26)31-5)28-27(30)20-12-19-13-24(32-6)25(33-7)15-23(19)35-16-20/h8-9,12-15,17-18H,10-11,16H2,1-7H3,(H,28,30). The van der Waals surface area contributed by atoms with Crippen LogP contribution in [-0.2, 0) is 4.79 Å². The van der Waals surface area contributed by atoms with Gasteiger partial charge in [0.25, 0.3) is 5.91 Å². The molecule has 0 saturated heterocycles. The Kier molecular flexibility index (Phi) is 8.87. The first-order valence-electron chi connectivity index (χ1n) is 11.7. The molecule has 1 N–H and O–H groups in total. The maximum Gasteiger partial charge on any atom is 0.255 e. The van der Waals surface area contributed by atoms with Crippen LogP contribution in [0.5, 0.6) is 28.7 Å². The first-order valence-corrected chi connectivity index (χ1v) is 11.7. The normalized spacial score (nSPS) is 12.7. The third-order valence-electron chi connectivity index (χ3n) is 5.88. The predicted molar refractivity (Wildman–Crippen MR) is 137 cm³/mol. The van der Waals surface area contributed by atoms with Crippen molar-refractivity contribution >= 4 is 17.7 Å². The number of amides is 1. The van der Waals surface area contributed by atoms with Gasteiger partial charge in [-0.05, 0) is 52.0 Å². The van der Waals surface area contributed by atoms with Crippen LogP contribution in [0.15, 0.2) is 35.9 Å². The molecule has 35 heavy (non-hydrogen) atoms. The lowest BCUT2D eigenvalue weighted by molar-refractivity contribution is -0.113. The maximum atomic E-state index is 13.0. The highest BCUT2D eigenvalue weighted by molar-refractivity contribution is 6.07. The van der Waals surface area contributed by atoms with Crippen molar-refractivity contribution in [3.63, 3.8) is 0 Å². The summed E-state index contributed by atoms with van der Waals surface area (Å²) >= 11 is 0. The number of methoxy groups -OCH3 is 3. The summed E-state index contributed by atoms with van der Waals surface area (Å²) < 4.78 is 28.0. The quantitative estimate of drug-likeness (QED) is 0.498. The summed E-state index contributed by atoms with van der Waals surface area (Å²) in [6.45, 7) is 10.1. The molecular formula is C27H36N2O6. The maximum absolute atomic E-state index is 13.0. The van der Waals surface area contributed by atoms with Crippen molar-refractivity contribution in [2.75, 3.05) is 46.4 Å². The van der Waals surface area contributed by atoms with E-state index in [2.05, 4.69) is 37.9 Å². The van der Waals surface area contributed by atoms with E-state index in [4.69, 9.17) is 23.7 Å². The SMILES string of the molecule is COc1cc2c(cc1OC)OCC(C(=O)Nc1ccc(OC)c(OCCN(C(C)C)C(C)C)c1)=C2. The number of hydrogen-bond donors (Lipinski definition) is 1. The Morgan fingerprint density at radius 1 is 0.943 bits per heavy atom. The number of carbonyl (C=O) groups is 1. The van der Waals surface area contributed by atoms with Crippen LogP contribution in [0, 0.1) is 0 Å². The van der Waals surface area contributed by atoms with Gasteiger partial charge in [-0.3, -0.25) is 9.69 Å². The lowest BCUT2D eigenvalue weighted by atomic mass is 10.1. The van der Waals surface area contributed by atoms with E-state index in [1.54, 1.807) is 57.7 Å². The first kappa shape index (κ1) is 26.2. The van der Waals surface area contributed by atoms with Crippen LogP contribution in [0.3, 0.4) is 0 Å². The van der Waals surface area contributed by atoms with Crippen LogP contribution in [0.1, 0.15) is 33.3 Å². The highest BCUT2D eigenvalue weighted by Crippen LogP contribution is 2.38. The zero-order valence-corrected chi connectivity index (χ0v) is 21.6. The van der Waals surface area contributed by atoms with Crippen LogP contribution < -0.4 is 29.0 Å². The fourth-order valence-electron chi connectivity index (χ4n) is 4.08.